The first-order valence-corrected chi connectivity index (χ1v) is 6.93. The number of amides is 1. The summed E-state index contributed by atoms with van der Waals surface area (Å²) < 4.78 is 27.1. The number of hydrogen-bond acceptors (Lipinski definition) is 4. The third kappa shape index (κ3) is 2.73. The molecule has 0 radical (unpaired) electrons. The van der Waals surface area contributed by atoms with Crippen LogP contribution >= 0.6 is 11.6 Å². The molecule has 1 N–H and O–H groups in total. The molecular formula is C13H10BClF2N4O2. The molecule has 2 heterocycles. The van der Waals surface area contributed by atoms with Crippen LogP contribution in [-0.2, 0) is 7.05 Å². The van der Waals surface area contributed by atoms with E-state index in [1.165, 1.54) is 19.5 Å². The van der Waals surface area contributed by atoms with Crippen molar-refractivity contribution in [2.24, 2.45) is 12.1 Å². The Morgan fingerprint density at radius 2 is 2.17 bits per heavy atom. The normalized spacial score (nSPS) is 13.7. The topological polar surface area (TPSA) is 70.7 Å². The highest BCUT2D eigenvalue weighted by Gasteiger charge is 2.36. The molecule has 23 heavy (non-hydrogen) atoms. The summed E-state index contributed by atoms with van der Waals surface area (Å²) >= 11 is 5.86. The average Bonchev–Trinajstić information content (AvgIpc) is 2.89. The Morgan fingerprint density at radius 3 is 2.87 bits per heavy atom. The molecule has 1 amide bonds. The van der Waals surface area contributed by atoms with Gasteiger partial charge in [0.25, 0.3) is 12.3 Å². The fraction of sp³-hybridized carbons (Fsp3) is 0.154. The van der Waals surface area contributed by atoms with Gasteiger partial charge in [-0.2, -0.15) is 10.2 Å². The molecule has 3 rings (SSSR count). The van der Waals surface area contributed by atoms with Crippen LogP contribution in [0.3, 0.4) is 0 Å². The second kappa shape index (κ2) is 5.75. The van der Waals surface area contributed by atoms with Crippen LogP contribution in [0.5, 0.6) is 0 Å². The van der Waals surface area contributed by atoms with Gasteiger partial charge in [0.1, 0.15) is 5.69 Å². The van der Waals surface area contributed by atoms with E-state index in [2.05, 4.69) is 10.2 Å². The second-order valence-corrected chi connectivity index (χ2v) is 5.38. The van der Waals surface area contributed by atoms with Crippen molar-refractivity contribution >= 4 is 36.2 Å². The van der Waals surface area contributed by atoms with Crippen molar-refractivity contribution in [1.82, 2.24) is 14.7 Å². The van der Waals surface area contributed by atoms with E-state index in [4.69, 9.17) is 11.6 Å². The van der Waals surface area contributed by atoms with E-state index in [0.29, 0.717) is 16.0 Å². The highest BCUT2D eigenvalue weighted by atomic mass is 35.5. The van der Waals surface area contributed by atoms with Crippen molar-refractivity contribution in [3.8, 4) is 0 Å². The molecule has 0 atom stereocenters. The van der Waals surface area contributed by atoms with Crippen LogP contribution in [0.2, 0.25) is 5.02 Å². The molecule has 0 saturated carbocycles. The highest BCUT2D eigenvalue weighted by Crippen LogP contribution is 2.23. The van der Waals surface area contributed by atoms with Crippen molar-refractivity contribution < 1.29 is 18.6 Å². The smallest absolute Gasteiger partial charge is 0.427 e. The molecule has 0 saturated heterocycles. The lowest BCUT2D eigenvalue weighted by Gasteiger charge is -2.24. The largest absolute Gasteiger partial charge is 0.474 e. The average molecular weight is 339 g/mol. The molecule has 10 heteroatoms. The van der Waals surface area contributed by atoms with E-state index in [0.717, 1.165) is 9.60 Å². The van der Waals surface area contributed by atoms with E-state index in [1.807, 2.05) is 0 Å². The second-order valence-electron chi connectivity index (χ2n) is 4.94. The van der Waals surface area contributed by atoms with Crippen LogP contribution in [-0.4, -0.2) is 38.9 Å². The zero-order valence-electron chi connectivity index (χ0n) is 11.8. The summed E-state index contributed by atoms with van der Waals surface area (Å²) in [6.07, 6.45) is -0.402. The number of aromatic nitrogens is 2. The minimum Gasteiger partial charge on any atom is -0.427 e. The molecule has 118 valence electrons. The van der Waals surface area contributed by atoms with Crippen LogP contribution < -0.4 is 5.46 Å². The van der Waals surface area contributed by atoms with Gasteiger partial charge in [-0.15, -0.1) is 0 Å². The lowest BCUT2D eigenvalue weighted by Crippen LogP contribution is -2.52. The third-order valence-electron chi connectivity index (χ3n) is 3.38. The molecule has 2 aromatic rings. The van der Waals surface area contributed by atoms with E-state index in [1.54, 1.807) is 18.2 Å². The van der Waals surface area contributed by atoms with Gasteiger partial charge in [0.05, 0.1) is 11.8 Å². The predicted octanol–water partition coefficient (Wildman–Crippen LogP) is 1.19. The summed E-state index contributed by atoms with van der Waals surface area (Å²) in [5.74, 6) is -0.863. The number of hydrazone groups is 1. The Morgan fingerprint density at radius 1 is 1.43 bits per heavy atom. The number of nitrogens with zero attached hydrogens (tertiary/aromatic N) is 4. The van der Waals surface area contributed by atoms with Crippen LogP contribution in [0, 0.1) is 0 Å². The van der Waals surface area contributed by atoms with Crippen LogP contribution in [0.4, 0.5) is 8.78 Å². The van der Waals surface area contributed by atoms with Gasteiger partial charge >= 0.3 is 7.05 Å². The maximum Gasteiger partial charge on any atom is 0.474 e. The Hall–Kier alpha value is -2.26. The van der Waals surface area contributed by atoms with Crippen LogP contribution in [0.1, 0.15) is 28.0 Å². The van der Waals surface area contributed by atoms with Crippen molar-refractivity contribution in [2.45, 2.75) is 6.43 Å². The Bertz CT molecular complexity index is 811. The first-order valence-electron chi connectivity index (χ1n) is 6.55. The molecule has 0 aliphatic carbocycles. The van der Waals surface area contributed by atoms with Crippen molar-refractivity contribution in [2.75, 3.05) is 0 Å². The molecule has 1 aromatic carbocycles. The molecule has 0 spiro atoms. The molecule has 1 aliphatic heterocycles. The number of halogens is 3. The van der Waals surface area contributed by atoms with E-state index in [-0.39, 0.29) is 5.56 Å². The van der Waals surface area contributed by atoms with Gasteiger partial charge in [-0.25, -0.2) is 13.7 Å². The van der Waals surface area contributed by atoms with Gasteiger partial charge < -0.3 is 5.02 Å². The Labute approximate surface area is 135 Å². The molecule has 1 aliphatic rings. The summed E-state index contributed by atoms with van der Waals surface area (Å²) in [4.78, 5) is 13.2. The Balaban J connectivity index is 1.98. The monoisotopic (exact) mass is 338 g/mol. The third-order valence-corrected chi connectivity index (χ3v) is 3.62. The molecule has 0 fully saturated rings. The predicted molar refractivity (Wildman–Crippen MR) is 81.0 cm³/mol. The molecule has 6 nitrogen and oxygen atoms in total. The van der Waals surface area contributed by atoms with E-state index < -0.39 is 25.1 Å². The molecule has 0 bridgehead atoms. The fourth-order valence-corrected chi connectivity index (χ4v) is 2.51. The standard InChI is InChI=1S/C13H10BClF2N4O2/c1-20-6-9(11(19-20)12(16)17)13(22)21-14(23)10-3-2-8(15)4-7(10)5-18-21/h2-6,12,23H,1H3. The van der Waals surface area contributed by atoms with Crippen molar-refractivity contribution in [3.63, 3.8) is 0 Å². The van der Waals surface area contributed by atoms with Crippen molar-refractivity contribution in [3.05, 3.63) is 46.2 Å². The zero-order valence-corrected chi connectivity index (χ0v) is 12.6. The first kappa shape index (κ1) is 15.6. The fourth-order valence-electron chi connectivity index (χ4n) is 2.33. The minimum absolute atomic E-state index is 0.309. The SMILES string of the molecule is Cn1cc(C(=O)N2N=Cc3cc(Cl)ccc3B2O)c(C(F)F)n1. The number of fused-ring (bicyclic) bond motifs is 1. The van der Waals surface area contributed by atoms with E-state index >= 15 is 0 Å². The van der Waals surface area contributed by atoms with Crippen LogP contribution in [0.15, 0.2) is 29.5 Å². The van der Waals surface area contributed by atoms with Crippen LogP contribution in [0.25, 0.3) is 0 Å². The van der Waals surface area contributed by atoms with Gasteiger partial charge in [-0.05, 0) is 23.2 Å². The number of carbonyl (C=O) groups excluding carboxylic acids is 1. The van der Waals surface area contributed by atoms with Gasteiger partial charge in [0.2, 0.25) is 0 Å². The highest BCUT2D eigenvalue weighted by molar-refractivity contribution is 6.68. The number of aryl methyl sites for hydroxylation is 1. The number of hydrogen-bond donors (Lipinski definition) is 1. The van der Waals surface area contributed by atoms with Crippen molar-refractivity contribution in [1.29, 1.82) is 0 Å². The zero-order chi connectivity index (χ0) is 16.7. The number of benzene rings is 1. The number of rotatable bonds is 2. The molecular weight excluding hydrogens is 328 g/mol. The quantitative estimate of drug-likeness (QED) is 0.836. The summed E-state index contributed by atoms with van der Waals surface area (Å²) in [5.41, 5.74) is -0.00697. The summed E-state index contributed by atoms with van der Waals surface area (Å²) in [5, 5.41) is 18.2. The lowest BCUT2D eigenvalue weighted by molar-refractivity contribution is 0.0832. The van der Waals surface area contributed by atoms with Gasteiger partial charge in [0, 0.05) is 18.3 Å². The molecule has 1 aromatic heterocycles. The minimum atomic E-state index is -2.91. The first-order chi connectivity index (χ1) is 10.9. The Kier molecular flexibility index (Phi) is 3.91. The maximum atomic E-state index is 13.0. The van der Waals surface area contributed by atoms with E-state index in [9.17, 15) is 18.6 Å². The summed E-state index contributed by atoms with van der Waals surface area (Å²) in [7, 11) is 0.0288. The van der Waals surface area contributed by atoms with Gasteiger partial charge in [-0.1, -0.05) is 17.7 Å². The summed E-state index contributed by atoms with van der Waals surface area (Å²) in [6.45, 7) is 0. The number of carbonyl (C=O) groups is 1. The number of alkyl halides is 2. The maximum absolute atomic E-state index is 13.0. The molecule has 0 unspecified atom stereocenters. The van der Waals surface area contributed by atoms with Gasteiger partial charge in [-0.3, -0.25) is 9.48 Å². The van der Waals surface area contributed by atoms with Gasteiger partial charge in [0.15, 0.2) is 0 Å². The lowest BCUT2D eigenvalue weighted by atomic mass is 9.69. The summed E-state index contributed by atoms with van der Waals surface area (Å²) in [6, 6.07) is 4.69.